The van der Waals surface area contributed by atoms with Crippen molar-refractivity contribution in [2.75, 3.05) is 5.32 Å². The van der Waals surface area contributed by atoms with E-state index in [-0.39, 0.29) is 11.5 Å². The maximum Gasteiger partial charge on any atom is 0.371 e. The van der Waals surface area contributed by atoms with Gasteiger partial charge in [-0.15, -0.1) is 0 Å². The smallest absolute Gasteiger partial charge is 0.371 e. The van der Waals surface area contributed by atoms with Gasteiger partial charge in [0.15, 0.2) is 5.76 Å². The van der Waals surface area contributed by atoms with Crippen LogP contribution in [0.25, 0.3) is 0 Å². The van der Waals surface area contributed by atoms with Gasteiger partial charge in [-0.05, 0) is 36.8 Å². The monoisotopic (exact) mass is 263 g/mol. The van der Waals surface area contributed by atoms with E-state index in [9.17, 15) is 14.0 Å². The zero-order chi connectivity index (χ0) is 14.0. The number of benzene rings is 1. The number of carbonyl (C=O) groups is 2. The lowest BCUT2D eigenvalue weighted by Gasteiger charge is -2.06. The molecule has 0 saturated carbocycles. The number of nitrogens with one attached hydrogen (secondary N) is 1. The summed E-state index contributed by atoms with van der Waals surface area (Å²) in [6.45, 7) is 1.71. The Hall–Kier alpha value is -2.63. The molecule has 5 nitrogen and oxygen atoms in total. The maximum atomic E-state index is 13.1. The van der Waals surface area contributed by atoms with Crippen molar-refractivity contribution in [3.63, 3.8) is 0 Å². The van der Waals surface area contributed by atoms with Crippen LogP contribution < -0.4 is 5.32 Å². The fraction of sp³-hybridized carbons (Fsp3) is 0.0769. The number of aromatic carboxylic acids is 1. The molecule has 0 saturated heterocycles. The van der Waals surface area contributed by atoms with E-state index in [1.54, 1.807) is 6.92 Å². The van der Waals surface area contributed by atoms with E-state index in [4.69, 9.17) is 9.52 Å². The molecule has 0 radical (unpaired) electrons. The second kappa shape index (κ2) is 4.93. The fourth-order valence-electron chi connectivity index (χ4n) is 1.49. The molecule has 0 aliphatic carbocycles. The number of halogens is 1. The van der Waals surface area contributed by atoms with Gasteiger partial charge in [0.2, 0.25) is 5.76 Å². The van der Waals surface area contributed by atoms with Gasteiger partial charge in [-0.3, -0.25) is 4.79 Å². The van der Waals surface area contributed by atoms with Crippen LogP contribution in [0.1, 0.15) is 26.7 Å². The van der Waals surface area contributed by atoms with E-state index in [2.05, 4.69) is 5.32 Å². The summed E-state index contributed by atoms with van der Waals surface area (Å²) in [6, 6.07) is 6.40. The van der Waals surface area contributed by atoms with Crippen LogP contribution in [0.15, 0.2) is 34.7 Å². The number of amides is 1. The minimum absolute atomic E-state index is 0.152. The number of anilines is 1. The Morgan fingerprint density at radius 2 is 1.89 bits per heavy atom. The Balaban J connectivity index is 2.20. The molecule has 0 aliphatic heterocycles. The van der Waals surface area contributed by atoms with E-state index in [1.165, 1.54) is 30.3 Å². The zero-order valence-corrected chi connectivity index (χ0v) is 9.94. The number of rotatable bonds is 3. The Bertz CT molecular complexity index is 648. The summed E-state index contributed by atoms with van der Waals surface area (Å²) in [5.41, 5.74) is 0.984. The van der Waals surface area contributed by atoms with Crippen molar-refractivity contribution >= 4 is 17.6 Å². The van der Waals surface area contributed by atoms with Gasteiger partial charge in [0.05, 0.1) is 0 Å². The molecular formula is C13H10FNO4. The first kappa shape index (κ1) is 12.8. The lowest BCUT2D eigenvalue weighted by atomic mass is 10.2. The summed E-state index contributed by atoms with van der Waals surface area (Å²) in [4.78, 5) is 22.4. The summed E-state index contributed by atoms with van der Waals surface area (Å²) in [6.07, 6.45) is 0. The molecule has 2 aromatic rings. The molecule has 0 atom stereocenters. The van der Waals surface area contributed by atoms with E-state index in [1.807, 2.05) is 0 Å². The van der Waals surface area contributed by atoms with Crippen LogP contribution in [0.5, 0.6) is 0 Å². The van der Waals surface area contributed by atoms with Gasteiger partial charge < -0.3 is 14.8 Å². The van der Waals surface area contributed by atoms with Crippen molar-refractivity contribution in [2.45, 2.75) is 6.92 Å². The highest BCUT2D eigenvalue weighted by Gasteiger charge is 2.15. The molecule has 98 valence electrons. The Labute approximate surface area is 107 Å². The van der Waals surface area contributed by atoms with E-state index in [0.717, 1.165) is 0 Å². The van der Waals surface area contributed by atoms with Gasteiger partial charge in [0.25, 0.3) is 5.91 Å². The zero-order valence-electron chi connectivity index (χ0n) is 9.94. The highest BCUT2D eigenvalue weighted by molar-refractivity contribution is 6.03. The van der Waals surface area contributed by atoms with Crippen LogP contribution in [0, 0.1) is 12.7 Å². The van der Waals surface area contributed by atoms with Gasteiger partial charge in [-0.1, -0.05) is 6.07 Å². The molecule has 1 aromatic heterocycles. The number of aryl methyl sites for hydroxylation is 1. The van der Waals surface area contributed by atoms with Gasteiger partial charge in [-0.2, -0.15) is 0 Å². The molecule has 19 heavy (non-hydrogen) atoms. The van der Waals surface area contributed by atoms with Crippen LogP contribution in [0.2, 0.25) is 0 Å². The normalized spacial score (nSPS) is 10.2. The SMILES string of the molecule is Cc1ccc(F)cc1NC(=O)c1ccc(C(=O)O)o1. The number of carboxylic acid groups (broad SMARTS) is 1. The standard InChI is InChI=1S/C13H10FNO4/c1-7-2-3-8(14)6-9(7)15-12(16)10-4-5-11(19-10)13(17)18/h2-6H,1H3,(H,15,16)(H,17,18). The molecular weight excluding hydrogens is 253 g/mol. The third-order valence-corrected chi connectivity index (χ3v) is 2.49. The van der Waals surface area contributed by atoms with Gasteiger partial charge in [0.1, 0.15) is 5.82 Å². The first-order valence-corrected chi connectivity index (χ1v) is 5.38. The van der Waals surface area contributed by atoms with Crippen molar-refractivity contribution < 1.29 is 23.5 Å². The number of carbonyl (C=O) groups excluding carboxylic acids is 1. The maximum absolute atomic E-state index is 13.1. The predicted octanol–water partition coefficient (Wildman–Crippen LogP) is 2.68. The quantitative estimate of drug-likeness (QED) is 0.892. The van der Waals surface area contributed by atoms with Crippen molar-refractivity contribution in [2.24, 2.45) is 0 Å². The average molecular weight is 263 g/mol. The predicted molar refractivity (Wildman–Crippen MR) is 64.8 cm³/mol. The number of hydrogen-bond acceptors (Lipinski definition) is 3. The fourth-order valence-corrected chi connectivity index (χ4v) is 1.49. The van der Waals surface area contributed by atoms with Crippen LogP contribution in [0.4, 0.5) is 10.1 Å². The minimum Gasteiger partial charge on any atom is -0.475 e. The minimum atomic E-state index is -1.26. The first-order valence-electron chi connectivity index (χ1n) is 5.38. The molecule has 0 aliphatic rings. The third kappa shape index (κ3) is 2.79. The van der Waals surface area contributed by atoms with E-state index < -0.39 is 17.7 Å². The molecule has 6 heteroatoms. The molecule has 0 bridgehead atoms. The Kier molecular flexibility index (Phi) is 3.33. The summed E-state index contributed by atoms with van der Waals surface area (Å²) in [5, 5.41) is 11.1. The van der Waals surface area contributed by atoms with E-state index in [0.29, 0.717) is 11.3 Å². The molecule has 1 heterocycles. The topological polar surface area (TPSA) is 79.5 Å². The van der Waals surface area contributed by atoms with Crippen molar-refractivity contribution in [1.82, 2.24) is 0 Å². The lowest BCUT2D eigenvalue weighted by molar-refractivity contribution is 0.0660. The second-order valence-electron chi connectivity index (χ2n) is 3.88. The summed E-state index contributed by atoms with van der Waals surface area (Å²) >= 11 is 0. The van der Waals surface area contributed by atoms with Crippen LogP contribution in [0.3, 0.4) is 0 Å². The number of hydrogen-bond donors (Lipinski definition) is 2. The van der Waals surface area contributed by atoms with Crippen molar-refractivity contribution in [3.05, 3.63) is 53.2 Å². The molecule has 1 aromatic carbocycles. The van der Waals surface area contributed by atoms with Crippen molar-refractivity contribution in [3.8, 4) is 0 Å². The largest absolute Gasteiger partial charge is 0.475 e. The average Bonchev–Trinajstić information content (AvgIpc) is 2.83. The van der Waals surface area contributed by atoms with Crippen molar-refractivity contribution in [1.29, 1.82) is 0 Å². The molecule has 0 spiro atoms. The third-order valence-electron chi connectivity index (χ3n) is 2.49. The first-order chi connectivity index (χ1) is 8.97. The van der Waals surface area contributed by atoms with Gasteiger partial charge in [0, 0.05) is 5.69 Å². The van der Waals surface area contributed by atoms with Gasteiger partial charge >= 0.3 is 5.97 Å². The summed E-state index contributed by atoms with van der Waals surface area (Å²) in [5.74, 6) is -2.86. The highest BCUT2D eigenvalue weighted by Crippen LogP contribution is 2.17. The van der Waals surface area contributed by atoms with Gasteiger partial charge in [-0.25, -0.2) is 9.18 Å². The lowest BCUT2D eigenvalue weighted by Crippen LogP contribution is -2.12. The molecule has 2 rings (SSSR count). The number of furan rings is 1. The molecule has 0 unspecified atom stereocenters. The van der Waals surface area contributed by atoms with Crippen LogP contribution >= 0.6 is 0 Å². The number of carboxylic acids is 1. The summed E-state index contributed by atoms with van der Waals surface area (Å²) in [7, 11) is 0. The molecule has 2 N–H and O–H groups in total. The highest BCUT2D eigenvalue weighted by atomic mass is 19.1. The summed E-state index contributed by atoms with van der Waals surface area (Å²) < 4.78 is 17.9. The Morgan fingerprint density at radius 1 is 1.21 bits per heavy atom. The Morgan fingerprint density at radius 3 is 2.53 bits per heavy atom. The van der Waals surface area contributed by atoms with Crippen LogP contribution in [-0.4, -0.2) is 17.0 Å². The second-order valence-corrected chi connectivity index (χ2v) is 3.88. The molecule has 1 amide bonds. The van der Waals surface area contributed by atoms with E-state index >= 15 is 0 Å². The molecule has 0 fully saturated rings. The van der Waals surface area contributed by atoms with Crippen LogP contribution in [-0.2, 0) is 0 Å².